The van der Waals surface area contributed by atoms with Crippen molar-refractivity contribution < 1.29 is 9.59 Å². The van der Waals surface area contributed by atoms with E-state index in [4.69, 9.17) is 0 Å². The third-order valence-corrected chi connectivity index (χ3v) is 6.03. The molecule has 2 amide bonds. The molecule has 0 unspecified atom stereocenters. The molecule has 3 aromatic rings. The number of aryl methyl sites for hydroxylation is 2. The Bertz CT molecular complexity index is 1000. The van der Waals surface area contributed by atoms with Gasteiger partial charge in [0.1, 0.15) is 0 Å². The highest BCUT2D eigenvalue weighted by atomic mass is 79.9. The number of thiazole rings is 1. The first-order valence-corrected chi connectivity index (χ1v) is 11.1. The lowest BCUT2D eigenvalue weighted by Gasteiger charge is -2.12. The van der Waals surface area contributed by atoms with Gasteiger partial charge >= 0.3 is 0 Å². The summed E-state index contributed by atoms with van der Waals surface area (Å²) < 4.78 is 0.704. The number of rotatable bonds is 8. The maximum Gasteiger partial charge on any atom is 0.256 e. The van der Waals surface area contributed by atoms with Crippen LogP contribution in [0.5, 0.6) is 0 Å². The minimum atomic E-state index is -0.267. The van der Waals surface area contributed by atoms with Gasteiger partial charge in [-0.25, -0.2) is 4.98 Å². The predicted molar refractivity (Wildman–Crippen MR) is 121 cm³/mol. The van der Waals surface area contributed by atoms with Gasteiger partial charge < -0.3 is 10.6 Å². The lowest BCUT2D eigenvalue weighted by Crippen LogP contribution is -2.26. The predicted octanol–water partition coefficient (Wildman–Crippen LogP) is 5.22. The van der Waals surface area contributed by atoms with Crippen LogP contribution < -0.4 is 10.6 Å². The van der Waals surface area contributed by atoms with Crippen LogP contribution in [0.2, 0.25) is 0 Å². The molecule has 0 aliphatic rings. The van der Waals surface area contributed by atoms with E-state index in [9.17, 15) is 9.59 Å². The lowest BCUT2D eigenvalue weighted by atomic mass is 10.1. The Morgan fingerprint density at radius 3 is 2.45 bits per heavy atom. The Labute approximate surface area is 182 Å². The van der Waals surface area contributed by atoms with E-state index in [2.05, 4.69) is 36.9 Å². The fraction of sp³-hybridized carbons (Fsp3) is 0.227. The molecule has 0 bridgehead atoms. The third kappa shape index (κ3) is 5.98. The molecule has 0 saturated carbocycles. The van der Waals surface area contributed by atoms with Gasteiger partial charge in [0.15, 0.2) is 0 Å². The smallest absolute Gasteiger partial charge is 0.256 e. The van der Waals surface area contributed by atoms with Crippen LogP contribution >= 0.6 is 27.3 Å². The number of amides is 2. The molecule has 3 rings (SSSR count). The van der Waals surface area contributed by atoms with Crippen molar-refractivity contribution in [1.82, 2.24) is 10.3 Å². The van der Waals surface area contributed by atoms with Gasteiger partial charge in [-0.3, -0.25) is 9.59 Å². The molecule has 0 aliphatic heterocycles. The van der Waals surface area contributed by atoms with Crippen molar-refractivity contribution in [2.24, 2.45) is 0 Å². The summed E-state index contributed by atoms with van der Waals surface area (Å²) in [5.41, 5.74) is 2.51. The Morgan fingerprint density at radius 1 is 1.00 bits per heavy atom. The standard InChI is InChI=1S/C22H22BrN3O2S/c1-15-14-29-20(25-15)12-6-7-13-24-21(27)17-9-3-5-11-19(17)26-22(28)16-8-2-4-10-18(16)23/h2-5,8-11,14H,6-7,12-13H2,1H3,(H,24,27)(H,26,28). The Balaban J connectivity index is 1.54. The van der Waals surface area contributed by atoms with Crippen LogP contribution in [0.4, 0.5) is 5.69 Å². The summed E-state index contributed by atoms with van der Waals surface area (Å²) in [4.78, 5) is 29.6. The highest BCUT2D eigenvalue weighted by Crippen LogP contribution is 2.20. The van der Waals surface area contributed by atoms with Crippen LogP contribution in [-0.2, 0) is 6.42 Å². The number of carbonyl (C=O) groups is 2. The molecular formula is C22H22BrN3O2S. The first-order chi connectivity index (χ1) is 14.0. The number of nitrogens with one attached hydrogen (secondary N) is 2. The zero-order valence-electron chi connectivity index (χ0n) is 16.1. The molecule has 0 aliphatic carbocycles. The van der Waals surface area contributed by atoms with E-state index in [1.165, 1.54) is 0 Å². The Morgan fingerprint density at radius 2 is 1.72 bits per heavy atom. The van der Waals surface area contributed by atoms with Gasteiger partial charge in [0.05, 0.1) is 21.8 Å². The Kier molecular flexibility index (Phi) is 7.55. The van der Waals surface area contributed by atoms with E-state index in [-0.39, 0.29) is 11.8 Å². The third-order valence-electron chi connectivity index (χ3n) is 4.31. The number of hydrogen-bond acceptors (Lipinski definition) is 4. The maximum atomic E-state index is 12.6. The molecule has 2 N–H and O–H groups in total. The van der Waals surface area contributed by atoms with Crippen molar-refractivity contribution in [2.45, 2.75) is 26.2 Å². The van der Waals surface area contributed by atoms with Crippen molar-refractivity contribution in [3.63, 3.8) is 0 Å². The first-order valence-electron chi connectivity index (χ1n) is 9.38. The zero-order chi connectivity index (χ0) is 20.6. The number of para-hydroxylation sites is 1. The van der Waals surface area contributed by atoms with E-state index in [1.807, 2.05) is 13.0 Å². The molecule has 29 heavy (non-hydrogen) atoms. The van der Waals surface area contributed by atoms with Crippen LogP contribution in [0.25, 0.3) is 0 Å². The van der Waals surface area contributed by atoms with Gasteiger partial charge in [0.25, 0.3) is 11.8 Å². The van der Waals surface area contributed by atoms with Gasteiger partial charge in [-0.1, -0.05) is 24.3 Å². The van der Waals surface area contributed by atoms with Crippen molar-refractivity contribution >= 4 is 44.8 Å². The van der Waals surface area contributed by atoms with Crippen LogP contribution in [0.3, 0.4) is 0 Å². The second-order valence-electron chi connectivity index (χ2n) is 6.58. The van der Waals surface area contributed by atoms with Crippen molar-refractivity contribution in [3.8, 4) is 0 Å². The maximum absolute atomic E-state index is 12.6. The number of nitrogens with zero attached hydrogens (tertiary/aromatic N) is 1. The largest absolute Gasteiger partial charge is 0.352 e. The molecule has 2 aromatic carbocycles. The molecule has 0 fully saturated rings. The number of halogens is 1. The fourth-order valence-corrected chi connectivity index (χ4v) is 4.12. The second kappa shape index (κ2) is 10.3. The lowest BCUT2D eigenvalue weighted by molar-refractivity contribution is 0.0954. The molecule has 0 spiro atoms. The van der Waals surface area contributed by atoms with Crippen molar-refractivity contribution in [2.75, 3.05) is 11.9 Å². The highest BCUT2D eigenvalue weighted by molar-refractivity contribution is 9.10. The summed E-state index contributed by atoms with van der Waals surface area (Å²) in [6, 6.07) is 14.2. The van der Waals surface area contributed by atoms with Gasteiger partial charge in [0, 0.05) is 22.1 Å². The number of aromatic nitrogens is 1. The quantitative estimate of drug-likeness (QED) is 0.442. The number of benzene rings is 2. The Hall–Kier alpha value is -2.51. The molecule has 0 radical (unpaired) electrons. The molecule has 0 saturated heterocycles. The molecule has 5 nitrogen and oxygen atoms in total. The number of hydrogen-bond donors (Lipinski definition) is 2. The number of carbonyl (C=O) groups excluding carboxylic acids is 2. The zero-order valence-corrected chi connectivity index (χ0v) is 18.5. The number of unbranched alkanes of at least 4 members (excludes halogenated alkanes) is 1. The highest BCUT2D eigenvalue weighted by Gasteiger charge is 2.15. The summed E-state index contributed by atoms with van der Waals surface area (Å²) in [5, 5.41) is 8.96. The summed E-state index contributed by atoms with van der Waals surface area (Å²) in [6.07, 6.45) is 2.76. The van der Waals surface area contributed by atoms with Gasteiger partial charge in [-0.15, -0.1) is 11.3 Å². The van der Waals surface area contributed by atoms with Gasteiger partial charge in [0.2, 0.25) is 0 Å². The number of anilines is 1. The van der Waals surface area contributed by atoms with Gasteiger partial charge in [-0.05, 0) is 66.4 Å². The topological polar surface area (TPSA) is 71.1 Å². The van der Waals surface area contributed by atoms with E-state index in [0.717, 1.165) is 30.0 Å². The second-order valence-corrected chi connectivity index (χ2v) is 8.37. The average Bonchev–Trinajstić information content (AvgIpc) is 3.13. The minimum absolute atomic E-state index is 0.196. The van der Waals surface area contributed by atoms with Crippen LogP contribution in [-0.4, -0.2) is 23.3 Å². The van der Waals surface area contributed by atoms with E-state index < -0.39 is 0 Å². The summed E-state index contributed by atoms with van der Waals surface area (Å²) in [6.45, 7) is 2.57. The minimum Gasteiger partial charge on any atom is -0.352 e. The summed E-state index contributed by atoms with van der Waals surface area (Å²) in [5.74, 6) is -0.463. The average molecular weight is 472 g/mol. The van der Waals surface area contributed by atoms with Gasteiger partial charge in [-0.2, -0.15) is 0 Å². The summed E-state index contributed by atoms with van der Waals surface area (Å²) >= 11 is 5.06. The molecule has 150 valence electrons. The van der Waals surface area contributed by atoms with E-state index in [1.54, 1.807) is 53.8 Å². The molecular weight excluding hydrogens is 450 g/mol. The van der Waals surface area contributed by atoms with Crippen LogP contribution in [0.1, 0.15) is 44.3 Å². The van der Waals surface area contributed by atoms with E-state index in [0.29, 0.717) is 27.8 Å². The van der Waals surface area contributed by atoms with Crippen LogP contribution in [0.15, 0.2) is 58.4 Å². The normalized spacial score (nSPS) is 10.6. The monoisotopic (exact) mass is 471 g/mol. The SMILES string of the molecule is Cc1csc(CCCCNC(=O)c2ccccc2NC(=O)c2ccccc2Br)n1. The van der Waals surface area contributed by atoms with Crippen molar-refractivity contribution in [1.29, 1.82) is 0 Å². The fourth-order valence-electron chi connectivity index (χ4n) is 2.84. The molecule has 1 aromatic heterocycles. The molecule has 7 heteroatoms. The molecule has 0 atom stereocenters. The van der Waals surface area contributed by atoms with Crippen molar-refractivity contribution in [3.05, 3.63) is 80.2 Å². The van der Waals surface area contributed by atoms with E-state index >= 15 is 0 Å². The summed E-state index contributed by atoms with van der Waals surface area (Å²) in [7, 11) is 0. The molecule has 1 heterocycles. The van der Waals surface area contributed by atoms with Crippen LogP contribution in [0, 0.1) is 6.92 Å². The first kappa shape index (κ1) is 21.2.